The van der Waals surface area contributed by atoms with Gasteiger partial charge in [0.2, 0.25) is 0 Å². The van der Waals surface area contributed by atoms with Gasteiger partial charge in [-0.05, 0) is 42.0 Å². The Morgan fingerprint density at radius 1 is 0.792 bits per heavy atom. The molecule has 0 saturated heterocycles. The Labute approximate surface area is 140 Å². The molecule has 0 heterocycles. The van der Waals surface area contributed by atoms with Gasteiger partial charge in [0.1, 0.15) is 11.5 Å². The molecule has 0 aromatic heterocycles. The van der Waals surface area contributed by atoms with Crippen LogP contribution < -0.4 is 9.83 Å². The Kier molecular flexibility index (Phi) is 4.99. The van der Waals surface area contributed by atoms with Crippen molar-refractivity contribution in [1.82, 2.24) is 0 Å². The van der Waals surface area contributed by atoms with E-state index >= 15 is 0 Å². The first-order valence-corrected chi connectivity index (χ1v) is 9.03. The molecule has 1 unspecified atom stereocenters. The van der Waals surface area contributed by atoms with Crippen LogP contribution in [-0.4, -0.2) is 5.11 Å². The van der Waals surface area contributed by atoms with Crippen molar-refractivity contribution in [3.8, 4) is 11.5 Å². The maximum Gasteiger partial charge on any atom is 0.411 e. The maximum atomic E-state index is 13.3. The van der Waals surface area contributed by atoms with Gasteiger partial charge in [0.25, 0.3) is 0 Å². The van der Waals surface area contributed by atoms with Crippen LogP contribution in [0, 0.1) is 0 Å². The van der Waals surface area contributed by atoms with E-state index in [-0.39, 0.29) is 12.4 Å². The van der Waals surface area contributed by atoms with Crippen LogP contribution in [0.5, 0.6) is 11.5 Å². The third-order valence-electron chi connectivity index (χ3n) is 3.38. The molecule has 3 aromatic carbocycles. The molecule has 0 aliphatic rings. The normalized spacial score (nSPS) is 13.2. The number of phenols is 1. The van der Waals surface area contributed by atoms with Crippen LogP contribution in [0.25, 0.3) is 0 Å². The van der Waals surface area contributed by atoms with Crippen molar-refractivity contribution in [3.05, 3.63) is 90.5 Å². The molecule has 1 N–H and O–H groups in total. The van der Waals surface area contributed by atoms with E-state index in [1.165, 1.54) is 12.1 Å². The first-order valence-electron chi connectivity index (χ1n) is 7.48. The molecule has 5 heteroatoms. The summed E-state index contributed by atoms with van der Waals surface area (Å²) in [6.07, 6.45) is 0. The second-order valence-electron chi connectivity index (χ2n) is 5.18. The van der Waals surface area contributed by atoms with Gasteiger partial charge in [-0.2, -0.15) is 0 Å². The number of aromatic hydroxyl groups is 1. The van der Waals surface area contributed by atoms with Gasteiger partial charge in [-0.1, -0.05) is 48.5 Å². The van der Waals surface area contributed by atoms with E-state index in [0.717, 1.165) is 5.56 Å². The van der Waals surface area contributed by atoms with Gasteiger partial charge in [0, 0.05) is 0 Å². The zero-order valence-corrected chi connectivity index (χ0v) is 13.8. The Balaban J connectivity index is 1.86. The fraction of sp³-hybridized carbons (Fsp3) is 0.0526. The van der Waals surface area contributed by atoms with Gasteiger partial charge in [-0.15, -0.1) is 0 Å². The molecule has 0 aliphatic heterocycles. The number of phenolic OH excluding ortho intramolecular Hbond substituents is 1. The van der Waals surface area contributed by atoms with Crippen LogP contribution in [0.4, 0.5) is 0 Å². The molecule has 3 aromatic rings. The summed E-state index contributed by atoms with van der Waals surface area (Å²) in [5.41, 5.74) is 0.906. The Morgan fingerprint density at radius 3 is 2.00 bits per heavy atom. The Bertz CT molecular complexity index is 817. The number of hydrogen-bond donors (Lipinski definition) is 1. The first kappa shape index (κ1) is 16.3. The fourth-order valence-electron chi connectivity index (χ4n) is 2.14. The highest BCUT2D eigenvalue weighted by molar-refractivity contribution is 7.62. The summed E-state index contributed by atoms with van der Waals surface area (Å²) in [7, 11) is -3.56. The van der Waals surface area contributed by atoms with E-state index in [0.29, 0.717) is 11.1 Å². The molecule has 24 heavy (non-hydrogen) atoms. The van der Waals surface area contributed by atoms with E-state index in [1.54, 1.807) is 36.4 Å². The zero-order valence-electron chi connectivity index (χ0n) is 12.9. The van der Waals surface area contributed by atoms with Gasteiger partial charge < -0.3 is 9.63 Å². The molecule has 0 aliphatic carbocycles. The van der Waals surface area contributed by atoms with Crippen LogP contribution in [0.2, 0.25) is 0 Å². The summed E-state index contributed by atoms with van der Waals surface area (Å²) in [5, 5.41) is 9.85. The smallest absolute Gasteiger partial charge is 0.411 e. The van der Waals surface area contributed by atoms with Crippen LogP contribution >= 0.6 is 7.60 Å². The summed E-state index contributed by atoms with van der Waals surface area (Å²) in [6, 6.07) is 24.4. The maximum absolute atomic E-state index is 13.3. The van der Waals surface area contributed by atoms with E-state index in [4.69, 9.17) is 9.05 Å². The summed E-state index contributed by atoms with van der Waals surface area (Å²) in [6.45, 7) is 0.172. The standard InChI is InChI=1S/C19H17O4P/c20-17-11-13-18(14-12-17)23-24(21,19-9-5-2-6-10-19)22-15-16-7-3-1-4-8-16/h1-14,20H,15H2. The van der Waals surface area contributed by atoms with Crippen LogP contribution in [0.3, 0.4) is 0 Å². The van der Waals surface area contributed by atoms with Gasteiger partial charge in [0.05, 0.1) is 11.9 Å². The summed E-state index contributed by atoms with van der Waals surface area (Å²) in [5.74, 6) is 0.482. The summed E-state index contributed by atoms with van der Waals surface area (Å²) < 4.78 is 24.7. The van der Waals surface area contributed by atoms with Crippen LogP contribution in [-0.2, 0) is 15.7 Å². The van der Waals surface area contributed by atoms with Crippen molar-refractivity contribution >= 4 is 12.9 Å². The highest BCUT2D eigenvalue weighted by Gasteiger charge is 2.29. The molecule has 4 nitrogen and oxygen atoms in total. The van der Waals surface area contributed by atoms with Crippen molar-refractivity contribution in [1.29, 1.82) is 0 Å². The monoisotopic (exact) mass is 340 g/mol. The van der Waals surface area contributed by atoms with Gasteiger partial charge in [-0.3, -0.25) is 4.52 Å². The average molecular weight is 340 g/mol. The Morgan fingerprint density at radius 2 is 1.38 bits per heavy atom. The van der Waals surface area contributed by atoms with Crippen LogP contribution in [0.15, 0.2) is 84.9 Å². The SMILES string of the molecule is O=P(OCc1ccccc1)(Oc1ccc(O)cc1)c1ccccc1. The largest absolute Gasteiger partial charge is 0.508 e. The van der Waals surface area contributed by atoms with Gasteiger partial charge in [-0.25, -0.2) is 4.57 Å². The average Bonchev–Trinajstić information content (AvgIpc) is 2.64. The quantitative estimate of drug-likeness (QED) is 0.671. The number of hydrogen-bond acceptors (Lipinski definition) is 4. The van der Waals surface area contributed by atoms with Crippen molar-refractivity contribution in [2.45, 2.75) is 6.61 Å². The van der Waals surface area contributed by atoms with Crippen molar-refractivity contribution in [3.63, 3.8) is 0 Å². The second-order valence-corrected chi connectivity index (χ2v) is 7.13. The zero-order chi connectivity index (χ0) is 16.8. The molecule has 0 bridgehead atoms. The second kappa shape index (κ2) is 7.35. The van der Waals surface area contributed by atoms with Crippen molar-refractivity contribution in [2.24, 2.45) is 0 Å². The van der Waals surface area contributed by atoms with Gasteiger partial charge in [0.15, 0.2) is 0 Å². The summed E-state index contributed by atoms with van der Waals surface area (Å²) >= 11 is 0. The molecular weight excluding hydrogens is 323 g/mol. The van der Waals surface area contributed by atoms with E-state index in [2.05, 4.69) is 0 Å². The number of rotatable bonds is 6. The Hall–Kier alpha value is -2.55. The molecular formula is C19H17O4P. The predicted molar refractivity (Wildman–Crippen MR) is 93.6 cm³/mol. The van der Waals surface area contributed by atoms with E-state index < -0.39 is 7.60 Å². The molecule has 0 saturated carbocycles. The van der Waals surface area contributed by atoms with Crippen LogP contribution in [0.1, 0.15) is 5.56 Å². The van der Waals surface area contributed by atoms with E-state index in [1.807, 2.05) is 36.4 Å². The molecule has 0 fully saturated rings. The lowest BCUT2D eigenvalue weighted by atomic mass is 10.2. The highest BCUT2D eigenvalue weighted by atomic mass is 31.2. The third-order valence-corrected chi connectivity index (χ3v) is 5.23. The van der Waals surface area contributed by atoms with Crippen molar-refractivity contribution < 1.29 is 18.7 Å². The lowest BCUT2D eigenvalue weighted by Gasteiger charge is -2.19. The fourth-order valence-corrected chi connectivity index (χ4v) is 3.71. The molecule has 1 atom stereocenters. The molecule has 3 rings (SSSR count). The molecule has 122 valence electrons. The highest BCUT2D eigenvalue weighted by Crippen LogP contribution is 2.48. The minimum Gasteiger partial charge on any atom is -0.508 e. The minimum absolute atomic E-state index is 0.113. The minimum atomic E-state index is -3.56. The number of benzene rings is 3. The summed E-state index contributed by atoms with van der Waals surface area (Å²) in [4.78, 5) is 0. The van der Waals surface area contributed by atoms with Crippen molar-refractivity contribution in [2.75, 3.05) is 0 Å². The molecule has 0 amide bonds. The lowest BCUT2D eigenvalue weighted by Crippen LogP contribution is -2.12. The third kappa shape index (κ3) is 4.05. The van der Waals surface area contributed by atoms with E-state index in [9.17, 15) is 9.67 Å². The molecule has 0 spiro atoms. The topological polar surface area (TPSA) is 55.8 Å². The van der Waals surface area contributed by atoms with Gasteiger partial charge >= 0.3 is 7.60 Å². The lowest BCUT2D eigenvalue weighted by molar-refractivity contribution is 0.264. The molecule has 0 radical (unpaired) electrons. The first-order chi connectivity index (χ1) is 11.7. The predicted octanol–water partition coefficient (Wildman–Crippen LogP) is 4.51.